The maximum absolute atomic E-state index is 8.62. The molecule has 3 heteroatoms. The van der Waals surface area contributed by atoms with Crippen LogP contribution in [0.5, 0.6) is 5.75 Å². The number of ether oxygens (including phenoxy) is 1. The molecule has 1 rings (SSSR count). The van der Waals surface area contributed by atoms with Gasteiger partial charge in [-0.15, -0.1) is 0 Å². The normalized spacial score (nSPS) is 10.4. The lowest BCUT2D eigenvalue weighted by atomic mass is 10.2. The topological polar surface area (TPSA) is 55.5 Å². The molecule has 3 nitrogen and oxygen atoms in total. The number of aliphatic hydroxyl groups is 1. The van der Waals surface area contributed by atoms with Crippen molar-refractivity contribution in [2.24, 2.45) is 0 Å². The van der Waals surface area contributed by atoms with Crippen molar-refractivity contribution in [3.63, 3.8) is 0 Å². The molecule has 0 unspecified atom stereocenters. The van der Waals surface area contributed by atoms with Gasteiger partial charge >= 0.3 is 0 Å². The lowest BCUT2D eigenvalue weighted by molar-refractivity contribution is 0.273. The molecular formula is C13H21NO2. The van der Waals surface area contributed by atoms with Crippen LogP contribution in [-0.2, 0) is 0 Å². The van der Waals surface area contributed by atoms with E-state index in [1.807, 2.05) is 25.1 Å². The molecule has 0 aliphatic rings. The number of aryl methyl sites for hydroxylation is 1. The van der Waals surface area contributed by atoms with Crippen molar-refractivity contribution in [2.75, 3.05) is 18.9 Å². The van der Waals surface area contributed by atoms with E-state index in [-0.39, 0.29) is 6.61 Å². The van der Waals surface area contributed by atoms with Gasteiger partial charge in [-0.3, -0.25) is 0 Å². The van der Waals surface area contributed by atoms with Gasteiger partial charge in [-0.25, -0.2) is 0 Å². The molecule has 0 heterocycles. The van der Waals surface area contributed by atoms with E-state index in [4.69, 9.17) is 15.6 Å². The number of hydrogen-bond acceptors (Lipinski definition) is 3. The smallest absolute Gasteiger partial charge is 0.124 e. The standard InChI is InChI=1S/C13H21NO2/c1-11-6-7-12(14)10-13(11)16-9-5-3-2-4-8-15/h6-7,10,15H,2-5,8-9,14H2,1H3. The van der Waals surface area contributed by atoms with Gasteiger partial charge in [-0.05, 0) is 37.8 Å². The van der Waals surface area contributed by atoms with Crippen LogP contribution in [0, 0.1) is 6.92 Å². The summed E-state index contributed by atoms with van der Waals surface area (Å²) in [7, 11) is 0. The summed E-state index contributed by atoms with van der Waals surface area (Å²) in [5, 5.41) is 8.62. The Hall–Kier alpha value is -1.22. The van der Waals surface area contributed by atoms with Crippen molar-refractivity contribution in [1.29, 1.82) is 0 Å². The zero-order valence-electron chi connectivity index (χ0n) is 9.91. The zero-order chi connectivity index (χ0) is 11.8. The number of benzene rings is 1. The zero-order valence-corrected chi connectivity index (χ0v) is 9.91. The number of unbranched alkanes of at least 4 members (excludes halogenated alkanes) is 3. The van der Waals surface area contributed by atoms with Crippen LogP contribution in [0.4, 0.5) is 5.69 Å². The van der Waals surface area contributed by atoms with Crippen molar-refractivity contribution in [1.82, 2.24) is 0 Å². The van der Waals surface area contributed by atoms with E-state index in [0.29, 0.717) is 0 Å². The second-order valence-electron chi connectivity index (χ2n) is 4.01. The van der Waals surface area contributed by atoms with Crippen molar-refractivity contribution in [2.45, 2.75) is 32.6 Å². The third-order valence-corrected chi connectivity index (χ3v) is 2.52. The number of aliphatic hydroxyl groups excluding tert-OH is 1. The molecule has 0 bridgehead atoms. The first-order valence-corrected chi connectivity index (χ1v) is 5.84. The molecule has 16 heavy (non-hydrogen) atoms. The first kappa shape index (κ1) is 12.8. The van der Waals surface area contributed by atoms with Crippen LogP contribution in [0.25, 0.3) is 0 Å². The molecule has 3 N–H and O–H groups in total. The molecule has 1 aromatic carbocycles. The van der Waals surface area contributed by atoms with E-state index in [1.54, 1.807) is 0 Å². The Morgan fingerprint density at radius 3 is 2.69 bits per heavy atom. The molecule has 0 aliphatic heterocycles. The molecule has 0 aliphatic carbocycles. The van der Waals surface area contributed by atoms with Gasteiger partial charge in [-0.2, -0.15) is 0 Å². The van der Waals surface area contributed by atoms with Gasteiger partial charge in [0, 0.05) is 18.4 Å². The summed E-state index contributed by atoms with van der Waals surface area (Å²) in [4.78, 5) is 0. The molecule has 0 radical (unpaired) electrons. The average molecular weight is 223 g/mol. The van der Waals surface area contributed by atoms with E-state index in [9.17, 15) is 0 Å². The molecule has 0 saturated heterocycles. The first-order valence-electron chi connectivity index (χ1n) is 5.84. The Balaban J connectivity index is 2.23. The third kappa shape index (κ3) is 4.53. The molecule has 90 valence electrons. The van der Waals surface area contributed by atoms with Crippen LogP contribution < -0.4 is 10.5 Å². The van der Waals surface area contributed by atoms with Crippen LogP contribution in [0.2, 0.25) is 0 Å². The minimum Gasteiger partial charge on any atom is -0.493 e. The van der Waals surface area contributed by atoms with E-state index in [0.717, 1.165) is 49.3 Å². The maximum Gasteiger partial charge on any atom is 0.124 e. The molecule has 0 saturated carbocycles. The minimum atomic E-state index is 0.287. The summed E-state index contributed by atoms with van der Waals surface area (Å²) in [6.45, 7) is 3.02. The Morgan fingerprint density at radius 2 is 1.94 bits per heavy atom. The van der Waals surface area contributed by atoms with Gasteiger partial charge in [-0.1, -0.05) is 12.5 Å². The fourth-order valence-corrected chi connectivity index (χ4v) is 1.52. The highest BCUT2D eigenvalue weighted by molar-refractivity contribution is 5.47. The predicted octanol–water partition coefficient (Wildman–Crippen LogP) is 2.51. The summed E-state index contributed by atoms with van der Waals surface area (Å²) < 4.78 is 5.66. The Bertz CT molecular complexity index is 313. The van der Waals surface area contributed by atoms with E-state index in [1.165, 1.54) is 0 Å². The lowest BCUT2D eigenvalue weighted by Crippen LogP contribution is -2.00. The number of nitrogen functional groups attached to an aromatic ring is 1. The van der Waals surface area contributed by atoms with Crippen LogP contribution in [0.15, 0.2) is 18.2 Å². The lowest BCUT2D eigenvalue weighted by Gasteiger charge is -2.09. The number of rotatable bonds is 7. The monoisotopic (exact) mass is 223 g/mol. The fraction of sp³-hybridized carbons (Fsp3) is 0.538. The van der Waals surface area contributed by atoms with Gasteiger partial charge in [0.15, 0.2) is 0 Å². The highest BCUT2D eigenvalue weighted by Crippen LogP contribution is 2.20. The highest BCUT2D eigenvalue weighted by Gasteiger charge is 1.99. The van der Waals surface area contributed by atoms with Gasteiger partial charge < -0.3 is 15.6 Å². The SMILES string of the molecule is Cc1ccc(N)cc1OCCCCCCO. The van der Waals surface area contributed by atoms with Crippen molar-refractivity contribution in [3.05, 3.63) is 23.8 Å². The molecule has 0 amide bonds. The Morgan fingerprint density at radius 1 is 1.19 bits per heavy atom. The average Bonchev–Trinajstić information content (AvgIpc) is 2.28. The summed E-state index contributed by atoms with van der Waals surface area (Å²) in [5.41, 5.74) is 7.54. The summed E-state index contributed by atoms with van der Waals surface area (Å²) in [6.07, 6.45) is 4.07. The van der Waals surface area contributed by atoms with E-state index < -0.39 is 0 Å². The summed E-state index contributed by atoms with van der Waals surface area (Å²) in [5.74, 6) is 0.877. The van der Waals surface area contributed by atoms with Gasteiger partial charge in [0.2, 0.25) is 0 Å². The van der Waals surface area contributed by atoms with Gasteiger partial charge in [0.05, 0.1) is 6.61 Å². The second kappa shape index (κ2) is 7.12. The number of hydrogen-bond donors (Lipinski definition) is 2. The predicted molar refractivity (Wildman–Crippen MR) is 66.6 cm³/mol. The Labute approximate surface area is 97.2 Å². The second-order valence-corrected chi connectivity index (χ2v) is 4.01. The molecule has 1 aromatic rings. The quantitative estimate of drug-likeness (QED) is 0.551. The number of anilines is 1. The van der Waals surface area contributed by atoms with Crippen molar-refractivity contribution < 1.29 is 9.84 Å². The molecule has 0 atom stereocenters. The van der Waals surface area contributed by atoms with Gasteiger partial charge in [0.1, 0.15) is 5.75 Å². The van der Waals surface area contributed by atoms with Crippen molar-refractivity contribution in [3.8, 4) is 5.75 Å². The highest BCUT2D eigenvalue weighted by atomic mass is 16.5. The van der Waals surface area contributed by atoms with Crippen LogP contribution >= 0.6 is 0 Å². The van der Waals surface area contributed by atoms with Crippen LogP contribution in [-0.4, -0.2) is 18.3 Å². The van der Waals surface area contributed by atoms with E-state index in [2.05, 4.69) is 0 Å². The largest absolute Gasteiger partial charge is 0.493 e. The van der Waals surface area contributed by atoms with Gasteiger partial charge in [0.25, 0.3) is 0 Å². The van der Waals surface area contributed by atoms with Crippen molar-refractivity contribution >= 4 is 5.69 Å². The minimum absolute atomic E-state index is 0.287. The van der Waals surface area contributed by atoms with Crippen LogP contribution in [0.1, 0.15) is 31.2 Å². The Kier molecular flexibility index (Phi) is 5.72. The van der Waals surface area contributed by atoms with E-state index >= 15 is 0 Å². The molecule has 0 spiro atoms. The summed E-state index contributed by atoms with van der Waals surface area (Å²) >= 11 is 0. The maximum atomic E-state index is 8.62. The fourth-order valence-electron chi connectivity index (χ4n) is 1.52. The molecular weight excluding hydrogens is 202 g/mol. The third-order valence-electron chi connectivity index (χ3n) is 2.52. The molecule has 0 aromatic heterocycles. The first-order chi connectivity index (χ1) is 7.74. The summed E-state index contributed by atoms with van der Waals surface area (Å²) in [6, 6.07) is 5.71. The van der Waals surface area contributed by atoms with Crippen LogP contribution in [0.3, 0.4) is 0 Å². The number of nitrogens with two attached hydrogens (primary N) is 1. The molecule has 0 fully saturated rings.